The van der Waals surface area contributed by atoms with Crippen molar-refractivity contribution in [3.63, 3.8) is 0 Å². The van der Waals surface area contributed by atoms with E-state index in [0.717, 1.165) is 35.1 Å². The van der Waals surface area contributed by atoms with Crippen LogP contribution in [0.1, 0.15) is 36.7 Å². The maximum absolute atomic E-state index is 12.1. The van der Waals surface area contributed by atoms with E-state index >= 15 is 0 Å². The Bertz CT molecular complexity index is 1160. The number of nitrogens with one attached hydrogen (secondary N) is 3. The molecule has 3 heterocycles. The summed E-state index contributed by atoms with van der Waals surface area (Å²) in [7, 11) is -1.38. The van der Waals surface area contributed by atoms with E-state index in [-0.39, 0.29) is 29.4 Å². The standard InChI is InChI=1S/C20H25N5O3S2/c1-3-6-30(27,28)11-12-7-13(8-12)24-17-14-4-5-22-18(14)23-9-15(17)20-25-16(10-29-20)19(26)21-2/h4-5,9-10,12-13H,3,6-8,11H2,1-2H3,(H,21,26)(H2,22,23,24). The lowest BCUT2D eigenvalue weighted by atomic mass is 9.81. The van der Waals surface area contributed by atoms with Gasteiger partial charge < -0.3 is 15.6 Å². The number of carbonyl (C=O) groups is 1. The maximum atomic E-state index is 12.1. The largest absolute Gasteiger partial charge is 0.381 e. The van der Waals surface area contributed by atoms with Gasteiger partial charge in [0, 0.05) is 42.0 Å². The minimum Gasteiger partial charge on any atom is -0.381 e. The van der Waals surface area contributed by atoms with Gasteiger partial charge in [-0.1, -0.05) is 6.92 Å². The Kier molecular flexibility index (Phi) is 5.79. The summed E-state index contributed by atoms with van der Waals surface area (Å²) in [6, 6.07) is 2.16. The summed E-state index contributed by atoms with van der Waals surface area (Å²) in [5, 5.41) is 9.57. The molecule has 1 fully saturated rings. The van der Waals surface area contributed by atoms with Gasteiger partial charge in [0.1, 0.15) is 16.3 Å². The van der Waals surface area contributed by atoms with Crippen LogP contribution in [-0.4, -0.2) is 53.9 Å². The molecule has 1 amide bonds. The van der Waals surface area contributed by atoms with Gasteiger partial charge in [0.15, 0.2) is 9.84 Å². The van der Waals surface area contributed by atoms with Gasteiger partial charge in [-0.15, -0.1) is 11.3 Å². The molecule has 3 aromatic rings. The van der Waals surface area contributed by atoms with Crippen molar-refractivity contribution in [1.29, 1.82) is 0 Å². The van der Waals surface area contributed by atoms with E-state index in [2.05, 4.69) is 25.6 Å². The van der Waals surface area contributed by atoms with Crippen LogP contribution in [0.15, 0.2) is 23.8 Å². The topological polar surface area (TPSA) is 117 Å². The van der Waals surface area contributed by atoms with Crippen LogP contribution in [0.3, 0.4) is 0 Å². The molecule has 3 aromatic heterocycles. The van der Waals surface area contributed by atoms with Crippen molar-refractivity contribution in [2.45, 2.75) is 32.2 Å². The van der Waals surface area contributed by atoms with Gasteiger partial charge in [0.05, 0.1) is 17.0 Å². The maximum Gasteiger partial charge on any atom is 0.270 e. The molecule has 0 aliphatic heterocycles. The zero-order valence-electron chi connectivity index (χ0n) is 16.9. The summed E-state index contributed by atoms with van der Waals surface area (Å²) in [6.45, 7) is 1.89. The normalized spacial score (nSPS) is 18.9. The van der Waals surface area contributed by atoms with Crippen LogP contribution in [-0.2, 0) is 9.84 Å². The number of thiazole rings is 1. The highest BCUT2D eigenvalue weighted by molar-refractivity contribution is 7.91. The summed E-state index contributed by atoms with van der Waals surface area (Å²) < 4.78 is 24.2. The Morgan fingerprint density at radius 1 is 1.37 bits per heavy atom. The van der Waals surface area contributed by atoms with Crippen molar-refractivity contribution in [2.24, 2.45) is 5.92 Å². The van der Waals surface area contributed by atoms with Crippen molar-refractivity contribution < 1.29 is 13.2 Å². The highest BCUT2D eigenvalue weighted by Gasteiger charge is 2.33. The average molecular weight is 448 g/mol. The van der Waals surface area contributed by atoms with Gasteiger partial charge in [0.2, 0.25) is 0 Å². The summed E-state index contributed by atoms with van der Waals surface area (Å²) in [6.07, 6.45) is 5.89. The Hall–Kier alpha value is -2.46. The highest BCUT2D eigenvalue weighted by Crippen LogP contribution is 2.39. The molecule has 0 aromatic carbocycles. The molecule has 0 bridgehead atoms. The van der Waals surface area contributed by atoms with E-state index in [4.69, 9.17) is 0 Å². The second-order valence-corrected chi connectivity index (χ2v) is 10.8. The number of pyridine rings is 1. The highest BCUT2D eigenvalue weighted by atomic mass is 32.2. The lowest BCUT2D eigenvalue weighted by Gasteiger charge is -2.36. The van der Waals surface area contributed by atoms with Crippen molar-refractivity contribution in [3.8, 4) is 10.6 Å². The third kappa shape index (κ3) is 4.20. The summed E-state index contributed by atoms with van der Waals surface area (Å²) in [4.78, 5) is 24.0. The molecule has 0 radical (unpaired) electrons. The van der Waals surface area contributed by atoms with Crippen molar-refractivity contribution >= 4 is 43.8 Å². The molecule has 160 valence electrons. The smallest absolute Gasteiger partial charge is 0.270 e. The van der Waals surface area contributed by atoms with Crippen molar-refractivity contribution in [1.82, 2.24) is 20.3 Å². The van der Waals surface area contributed by atoms with Crippen LogP contribution in [0.5, 0.6) is 0 Å². The van der Waals surface area contributed by atoms with E-state index in [1.54, 1.807) is 18.6 Å². The quantitative estimate of drug-likeness (QED) is 0.489. The number of aromatic nitrogens is 3. The summed E-state index contributed by atoms with van der Waals surface area (Å²) in [5.41, 5.74) is 2.90. The minimum atomic E-state index is -2.96. The number of hydrogen-bond acceptors (Lipinski definition) is 7. The molecule has 1 aliphatic rings. The first-order valence-corrected chi connectivity index (χ1v) is 12.7. The van der Waals surface area contributed by atoms with Crippen molar-refractivity contribution in [2.75, 3.05) is 23.9 Å². The average Bonchev–Trinajstić information content (AvgIpc) is 3.35. The Morgan fingerprint density at radius 3 is 2.90 bits per heavy atom. The molecule has 0 spiro atoms. The fourth-order valence-corrected chi connectivity index (χ4v) is 6.50. The lowest BCUT2D eigenvalue weighted by Crippen LogP contribution is -2.39. The number of carbonyl (C=O) groups excluding carboxylic acids is 1. The first-order chi connectivity index (χ1) is 14.4. The molecular weight excluding hydrogens is 422 g/mol. The Morgan fingerprint density at radius 2 is 2.17 bits per heavy atom. The molecule has 0 atom stereocenters. The second kappa shape index (κ2) is 8.35. The second-order valence-electron chi connectivity index (χ2n) is 7.70. The van der Waals surface area contributed by atoms with Gasteiger partial charge in [0.25, 0.3) is 5.91 Å². The molecule has 3 N–H and O–H groups in total. The number of hydrogen-bond donors (Lipinski definition) is 3. The molecule has 8 nitrogen and oxygen atoms in total. The van der Waals surface area contributed by atoms with Crippen molar-refractivity contribution in [3.05, 3.63) is 29.5 Å². The number of nitrogens with zero attached hydrogens (tertiary/aromatic N) is 2. The van der Waals surface area contributed by atoms with Crippen LogP contribution < -0.4 is 10.6 Å². The van der Waals surface area contributed by atoms with Gasteiger partial charge in [-0.2, -0.15) is 0 Å². The van der Waals surface area contributed by atoms with Crippen LogP contribution >= 0.6 is 11.3 Å². The Labute approximate surface area is 179 Å². The first-order valence-electron chi connectivity index (χ1n) is 10.0. The molecule has 1 saturated carbocycles. The lowest BCUT2D eigenvalue weighted by molar-refractivity contribution is 0.0959. The third-order valence-corrected chi connectivity index (χ3v) is 8.25. The fourth-order valence-electron chi connectivity index (χ4n) is 3.90. The van der Waals surface area contributed by atoms with E-state index in [1.807, 2.05) is 19.2 Å². The number of fused-ring (bicyclic) bond motifs is 1. The van der Waals surface area contributed by atoms with E-state index < -0.39 is 9.84 Å². The van der Waals surface area contributed by atoms with Gasteiger partial charge in [-0.3, -0.25) is 4.79 Å². The predicted molar refractivity (Wildman–Crippen MR) is 120 cm³/mol. The molecule has 10 heteroatoms. The van der Waals surface area contributed by atoms with E-state index in [0.29, 0.717) is 17.1 Å². The molecule has 0 saturated heterocycles. The number of amides is 1. The monoisotopic (exact) mass is 447 g/mol. The van der Waals surface area contributed by atoms with E-state index in [9.17, 15) is 13.2 Å². The zero-order valence-corrected chi connectivity index (χ0v) is 18.6. The van der Waals surface area contributed by atoms with Crippen LogP contribution in [0, 0.1) is 5.92 Å². The number of sulfone groups is 1. The zero-order chi connectivity index (χ0) is 21.3. The first kappa shape index (κ1) is 20.8. The summed E-state index contributed by atoms with van der Waals surface area (Å²) >= 11 is 1.40. The van der Waals surface area contributed by atoms with Gasteiger partial charge in [-0.25, -0.2) is 18.4 Å². The van der Waals surface area contributed by atoms with E-state index in [1.165, 1.54) is 11.3 Å². The minimum absolute atomic E-state index is 0.199. The number of H-pyrrole nitrogens is 1. The third-order valence-electron chi connectivity index (χ3n) is 5.37. The fraction of sp³-hybridized carbons (Fsp3) is 0.450. The van der Waals surface area contributed by atoms with Crippen LogP contribution in [0.4, 0.5) is 5.69 Å². The molecule has 0 unspecified atom stereocenters. The molecule has 30 heavy (non-hydrogen) atoms. The molecule has 4 rings (SSSR count). The van der Waals surface area contributed by atoms with Gasteiger partial charge in [-0.05, 0) is 31.2 Å². The van der Waals surface area contributed by atoms with Crippen LogP contribution in [0.25, 0.3) is 21.6 Å². The summed E-state index contributed by atoms with van der Waals surface area (Å²) in [5.74, 6) is 0.505. The van der Waals surface area contributed by atoms with Crippen LogP contribution in [0.2, 0.25) is 0 Å². The predicted octanol–water partition coefficient (Wildman–Crippen LogP) is 3.06. The van der Waals surface area contributed by atoms with Gasteiger partial charge >= 0.3 is 0 Å². The molecular formula is C20H25N5O3S2. The number of anilines is 1. The molecule has 1 aliphatic carbocycles. The number of rotatable bonds is 8. The number of aromatic amines is 1. The SMILES string of the molecule is CCCS(=O)(=O)CC1CC(Nc2c(-c3nc(C(=O)NC)cs3)cnc3[nH]ccc23)C1. The Balaban J connectivity index is 1.55.